The van der Waals surface area contributed by atoms with Gasteiger partial charge in [-0.15, -0.1) is 12.6 Å². The number of aliphatic hydroxyl groups is 3. The van der Waals surface area contributed by atoms with Crippen LogP contribution in [-0.2, 0) is 9.47 Å². The summed E-state index contributed by atoms with van der Waals surface area (Å²) in [7, 11) is 0. The first-order chi connectivity index (χ1) is 6.97. The second kappa shape index (κ2) is 5.47. The van der Waals surface area contributed by atoms with Gasteiger partial charge in [-0.2, -0.15) is 0 Å². The minimum Gasteiger partial charge on any atom is -0.394 e. The van der Waals surface area contributed by atoms with Gasteiger partial charge in [-0.3, -0.25) is 0 Å². The molecule has 6 heteroatoms. The highest BCUT2D eigenvalue weighted by Gasteiger charge is 2.43. The van der Waals surface area contributed by atoms with Gasteiger partial charge in [-0.05, 0) is 13.8 Å². The van der Waals surface area contributed by atoms with Crippen molar-refractivity contribution in [1.29, 1.82) is 0 Å². The molecule has 1 aliphatic heterocycles. The standard InChI is InChI=1S/C9H18O5S/c1-4(2)13-8-7(12)6(11)5(3-10)14-9(8)15/h4-12,15H,3H2,1-2H3/t5-,6+,7+,8-,9?/m1/s1. The molecule has 0 aromatic heterocycles. The summed E-state index contributed by atoms with van der Waals surface area (Å²) in [6.45, 7) is 3.28. The molecule has 15 heavy (non-hydrogen) atoms. The van der Waals surface area contributed by atoms with Gasteiger partial charge in [0.1, 0.15) is 29.9 Å². The molecule has 1 unspecified atom stereocenters. The molecular formula is C9H18O5S. The average Bonchev–Trinajstić information content (AvgIpc) is 2.18. The zero-order chi connectivity index (χ0) is 11.6. The fraction of sp³-hybridized carbons (Fsp3) is 1.00. The Balaban J connectivity index is 2.66. The van der Waals surface area contributed by atoms with Crippen LogP contribution in [0.1, 0.15) is 13.8 Å². The van der Waals surface area contributed by atoms with E-state index in [2.05, 4.69) is 12.6 Å². The van der Waals surface area contributed by atoms with Crippen molar-refractivity contribution in [3.63, 3.8) is 0 Å². The van der Waals surface area contributed by atoms with Crippen LogP contribution in [0, 0.1) is 0 Å². The lowest BCUT2D eigenvalue weighted by atomic mass is 10.00. The first kappa shape index (κ1) is 13.2. The van der Waals surface area contributed by atoms with Gasteiger partial charge in [0.2, 0.25) is 0 Å². The SMILES string of the molecule is CC(C)O[C@H]1C(S)O[C@H](CO)[C@H](O)[C@@H]1O. The second-order valence-electron chi connectivity index (χ2n) is 3.88. The number of ether oxygens (including phenoxy) is 2. The minimum atomic E-state index is -1.15. The molecule has 1 saturated heterocycles. The highest BCUT2D eigenvalue weighted by atomic mass is 32.1. The predicted molar refractivity (Wildman–Crippen MR) is 56.8 cm³/mol. The molecule has 0 aromatic rings. The van der Waals surface area contributed by atoms with Gasteiger partial charge < -0.3 is 24.8 Å². The van der Waals surface area contributed by atoms with Crippen molar-refractivity contribution in [3.8, 4) is 0 Å². The summed E-state index contributed by atoms with van der Waals surface area (Å²) >= 11 is 4.11. The maximum atomic E-state index is 9.74. The van der Waals surface area contributed by atoms with E-state index < -0.39 is 29.9 Å². The van der Waals surface area contributed by atoms with Crippen LogP contribution in [0.5, 0.6) is 0 Å². The Morgan fingerprint density at radius 1 is 1.33 bits per heavy atom. The Hall–Kier alpha value is 0.150. The fourth-order valence-electron chi connectivity index (χ4n) is 1.53. The summed E-state index contributed by atoms with van der Waals surface area (Å²) in [6.07, 6.45) is -3.84. The third-order valence-electron chi connectivity index (χ3n) is 2.27. The Morgan fingerprint density at radius 2 is 1.93 bits per heavy atom. The molecule has 1 fully saturated rings. The van der Waals surface area contributed by atoms with E-state index in [-0.39, 0.29) is 12.7 Å². The summed E-state index contributed by atoms with van der Waals surface area (Å²) in [5.41, 5.74) is -0.650. The quantitative estimate of drug-likeness (QED) is 0.482. The molecule has 0 spiro atoms. The second-order valence-corrected chi connectivity index (χ2v) is 4.39. The van der Waals surface area contributed by atoms with Crippen molar-refractivity contribution >= 4 is 12.6 Å². The first-order valence-corrected chi connectivity index (χ1v) is 5.45. The molecule has 5 atom stereocenters. The van der Waals surface area contributed by atoms with Gasteiger partial charge in [0.15, 0.2) is 0 Å². The van der Waals surface area contributed by atoms with Crippen LogP contribution in [0.2, 0.25) is 0 Å². The third-order valence-corrected chi connectivity index (χ3v) is 2.69. The van der Waals surface area contributed by atoms with Crippen LogP contribution in [0.15, 0.2) is 0 Å². The van der Waals surface area contributed by atoms with Crippen molar-refractivity contribution in [3.05, 3.63) is 0 Å². The largest absolute Gasteiger partial charge is 0.394 e. The van der Waals surface area contributed by atoms with Gasteiger partial charge in [-0.1, -0.05) is 0 Å². The molecule has 0 radical (unpaired) electrons. The highest BCUT2D eigenvalue weighted by Crippen LogP contribution is 2.26. The Kier molecular flexibility index (Phi) is 4.82. The molecule has 1 heterocycles. The van der Waals surface area contributed by atoms with Crippen LogP contribution in [0.4, 0.5) is 0 Å². The molecule has 0 amide bonds. The van der Waals surface area contributed by atoms with E-state index in [0.717, 1.165) is 0 Å². The third kappa shape index (κ3) is 3.05. The van der Waals surface area contributed by atoms with E-state index in [9.17, 15) is 10.2 Å². The molecule has 90 valence electrons. The molecule has 0 saturated carbocycles. The number of hydrogen-bond acceptors (Lipinski definition) is 6. The summed E-state index contributed by atoms with van der Waals surface area (Å²) in [5.74, 6) is 0. The molecule has 5 nitrogen and oxygen atoms in total. The smallest absolute Gasteiger partial charge is 0.129 e. The lowest BCUT2D eigenvalue weighted by molar-refractivity contribution is -0.225. The molecule has 0 aromatic carbocycles. The van der Waals surface area contributed by atoms with E-state index in [4.69, 9.17) is 14.6 Å². The van der Waals surface area contributed by atoms with Crippen LogP contribution in [-0.4, -0.2) is 57.9 Å². The van der Waals surface area contributed by atoms with Crippen molar-refractivity contribution in [2.24, 2.45) is 0 Å². The molecule has 0 bridgehead atoms. The Bertz CT molecular complexity index is 201. The predicted octanol–water partition coefficient (Wildman–Crippen LogP) is -0.851. The van der Waals surface area contributed by atoms with Crippen LogP contribution < -0.4 is 0 Å². The maximum Gasteiger partial charge on any atom is 0.129 e. The van der Waals surface area contributed by atoms with E-state index in [1.807, 2.05) is 13.8 Å². The summed E-state index contributed by atoms with van der Waals surface area (Å²) < 4.78 is 10.6. The molecule has 0 aliphatic carbocycles. The Labute approximate surface area is 94.4 Å². The minimum absolute atomic E-state index is 0.0965. The van der Waals surface area contributed by atoms with Crippen molar-refractivity contribution in [2.45, 2.75) is 49.8 Å². The average molecular weight is 238 g/mol. The van der Waals surface area contributed by atoms with Gasteiger partial charge in [-0.25, -0.2) is 0 Å². The van der Waals surface area contributed by atoms with Crippen LogP contribution >= 0.6 is 12.6 Å². The van der Waals surface area contributed by atoms with E-state index in [1.54, 1.807) is 0 Å². The topological polar surface area (TPSA) is 79.2 Å². The lowest BCUT2D eigenvalue weighted by Crippen LogP contribution is -2.58. The number of aliphatic hydroxyl groups excluding tert-OH is 3. The summed E-state index contributed by atoms with van der Waals surface area (Å²) in [6, 6.07) is 0. The normalized spacial score (nSPS) is 42.2. The van der Waals surface area contributed by atoms with Crippen molar-refractivity contribution in [1.82, 2.24) is 0 Å². The number of thiol groups is 1. The maximum absolute atomic E-state index is 9.74. The van der Waals surface area contributed by atoms with E-state index in [0.29, 0.717) is 0 Å². The zero-order valence-electron chi connectivity index (χ0n) is 8.78. The number of rotatable bonds is 3. The first-order valence-electron chi connectivity index (χ1n) is 4.93. The van der Waals surface area contributed by atoms with Crippen molar-refractivity contribution < 1.29 is 24.8 Å². The monoisotopic (exact) mass is 238 g/mol. The lowest BCUT2D eigenvalue weighted by Gasteiger charge is -2.40. The van der Waals surface area contributed by atoms with Crippen LogP contribution in [0.3, 0.4) is 0 Å². The summed E-state index contributed by atoms with van der Waals surface area (Å²) in [5, 5.41) is 28.2. The highest BCUT2D eigenvalue weighted by molar-refractivity contribution is 7.80. The Morgan fingerprint density at radius 3 is 2.40 bits per heavy atom. The molecule has 1 rings (SSSR count). The van der Waals surface area contributed by atoms with Gasteiger partial charge in [0.25, 0.3) is 0 Å². The van der Waals surface area contributed by atoms with E-state index >= 15 is 0 Å². The van der Waals surface area contributed by atoms with Gasteiger partial charge >= 0.3 is 0 Å². The molecule has 3 N–H and O–H groups in total. The summed E-state index contributed by atoms with van der Waals surface area (Å²) in [4.78, 5) is 0. The zero-order valence-corrected chi connectivity index (χ0v) is 9.67. The van der Waals surface area contributed by atoms with Gasteiger partial charge in [0, 0.05) is 0 Å². The van der Waals surface area contributed by atoms with Crippen molar-refractivity contribution in [2.75, 3.05) is 6.61 Å². The van der Waals surface area contributed by atoms with E-state index in [1.165, 1.54) is 0 Å². The van der Waals surface area contributed by atoms with Gasteiger partial charge in [0.05, 0.1) is 12.7 Å². The fourth-order valence-corrected chi connectivity index (χ4v) is 1.94. The number of hydrogen-bond donors (Lipinski definition) is 4. The molecular weight excluding hydrogens is 220 g/mol. The molecule has 1 aliphatic rings. The van der Waals surface area contributed by atoms with Crippen LogP contribution in [0.25, 0.3) is 0 Å².